The summed E-state index contributed by atoms with van der Waals surface area (Å²) in [7, 11) is 0. The van der Waals surface area contributed by atoms with E-state index >= 15 is 0 Å². The molecule has 1 aliphatic heterocycles. The van der Waals surface area contributed by atoms with E-state index in [-0.39, 0.29) is 11.9 Å². The van der Waals surface area contributed by atoms with Gasteiger partial charge in [0.25, 0.3) is 0 Å². The number of carbonyl (C=O) groups is 1. The lowest BCUT2D eigenvalue weighted by Gasteiger charge is -2.13. The maximum absolute atomic E-state index is 12.4. The molecular formula is C16H16O2. The zero-order chi connectivity index (χ0) is 12.5. The lowest BCUT2D eigenvalue weighted by atomic mass is 9.95. The maximum Gasteiger partial charge on any atom is 0.191 e. The Balaban J connectivity index is 1.96. The van der Waals surface area contributed by atoms with Crippen LogP contribution in [0.3, 0.4) is 0 Å². The number of ether oxygens (including phenoxy) is 1. The first-order valence-corrected chi connectivity index (χ1v) is 6.40. The summed E-state index contributed by atoms with van der Waals surface area (Å²) in [5.74, 6) is 0.440. The second-order valence-corrected chi connectivity index (χ2v) is 4.98. The molecule has 2 unspecified atom stereocenters. The molecular weight excluding hydrogens is 224 g/mol. The van der Waals surface area contributed by atoms with Gasteiger partial charge in [-0.05, 0) is 29.2 Å². The van der Waals surface area contributed by atoms with Crippen molar-refractivity contribution in [2.24, 2.45) is 5.92 Å². The molecule has 92 valence electrons. The van der Waals surface area contributed by atoms with Crippen molar-refractivity contribution in [3.8, 4) is 0 Å². The average molecular weight is 240 g/mol. The monoisotopic (exact) mass is 240 g/mol. The van der Waals surface area contributed by atoms with Gasteiger partial charge in [0.05, 0.1) is 0 Å². The molecule has 2 heteroatoms. The van der Waals surface area contributed by atoms with E-state index in [9.17, 15) is 4.79 Å². The van der Waals surface area contributed by atoms with Crippen LogP contribution in [0.4, 0.5) is 0 Å². The van der Waals surface area contributed by atoms with Crippen LogP contribution in [0.2, 0.25) is 0 Å². The molecule has 1 heterocycles. The molecule has 0 amide bonds. The zero-order valence-corrected chi connectivity index (χ0v) is 10.4. The van der Waals surface area contributed by atoms with Crippen LogP contribution in [0.5, 0.6) is 0 Å². The van der Waals surface area contributed by atoms with E-state index in [0.29, 0.717) is 12.5 Å². The molecule has 2 aromatic carbocycles. The third-order valence-corrected chi connectivity index (χ3v) is 3.68. The number of benzene rings is 2. The molecule has 0 saturated carbocycles. The zero-order valence-electron chi connectivity index (χ0n) is 10.4. The Bertz CT molecular complexity index is 588. The molecule has 0 aliphatic carbocycles. The molecule has 3 rings (SSSR count). The van der Waals surface area contributed by atoms with Crippen LogP contribution in [-0.4, -0.2) is 18.5 Å². The number of Topliss-reactive ketones (excluding diaryl/α,β-unsaturated/α-hetero) is 1. The highest BCUT2D eigenvalue weighted by atomic mass is 16.5. The van der Waals surface area contributed by atoms with Gasteiger partial charge in [-0.25, -0.2) is 0 Å². The summed E-state index contributed by atoms with van der Waals surface area (Å²) < 4.78 is 5.54. The molecule has 1 fully saturated rings. The van der Waals surface area contributed by atoms with E-state index in [1.165, 1.54) is 0 Å². The van der Waals surface area contributed by atoms with Crippen LogP contribution in [0.1, 0.15) is 23.7 Å². The van der Waals surface area contributed by atoms with Crippen LogP contribution < -0.4 is 0 Å². The molecule has 2 atom stereocenters. The first kappa shape index (κ1) is 11.4. The van der Waals surface area contributed by atoms with Gasteiger partial charge in [-0.3, -0.25) is 4.79 Å². The summed E-state index contributed by atoms with van der Waals surface area (Å²) >= 11 is 0. The average Bonchev–Trinajstić information content (AvgIpc) is 2.83. The van der Waals surface area contributed by atoms with E-state index in [1.807, 2.05) is 36.4 Å². The fourth-order valence-corrected chi connectivity index (χ4v) is 2.54. The Labute approximate surface area is 107 Å². The highest BCUT2D eigenvalue weighted by Crippen LogP contribution is 2.25. The normalized spacial score (nSPS) is 23.4. The smallest absolute Gasteiger partial charge is 0.191 e. The second kappa shape index (κ2) is 4.54. The fourth-order valence-electron chi connectivity index (χ4n) is 2.54. The number of ketones is 1. The number of carbonyl (C=O) groups excluding carboxylic acids is 1. The SMILES string of the molecule is CC1CCOC1C(=O)c1ccc2ccccc2c1. The molecule has 1 aliphatic rings. The summed E-state index contributed by atoms with van der Waals surface area (Å²) in [5, 5.41) is 2.27. The molecule has 0 spiro atoms. The van der Waals surface area contributed by atoms with Crippen LogP contribution in [0, 0.1) is 5.92 Å². The fraction of sp³-hybridized carbons (Fsp3) is 0.312. The Morgan fingerprint density at radius 3 is 2.67 bits per heavy atom. The van der Waals surface area contributed by atoms with Crippen LogP contribution in [0.15, 0.2) is 42.5 Å². The van der Waals surface area contributed by atoms with Gasteiger partial charge in [0.1, 0.15) is 6.10 Å². The van der Waals surface area contributed by atoms with Gasteiger partial charge < -0.3 is 4.74 Å². The number of hydrogen-bond acceptors (Lipinski definition) is 2. The molecule has 0 radical (unpaired) electrons. The highest BCUT2D eigenvalue weighted by Gasteiger charge is 2.31. The summed E-state index contributed by atoms with van der Waals surface area (Å²) in [6.07, 6.45) is 0.718. The standard InChI is InChI=1S/C16H16O2/c1-11-8-9-18-16(11)15(17)14-7-6-12-4-2-3-5-13(12)10-14/h2-7,10-11,16H,8-9H2,1H3. The molecule has 18 heavy (non-hydrogen) atoms. The van der Waals surface area contributed by atoms with Crippen molar-refractivity contribution in [2.75, 3.05) is 6.61 Å². The lowest BCUT2D eigenvalue weighted by molar-refractivity contribution is 0.0579. The second-order valence-electron chi connectivity index (χ2n) is 4.98. The molecule has 0 N–H and O–H groups in total. The van der Waals surface area contributed by atoms with E-state index in [2.05, 4.69) is 13.0 Å². The summed E-state index contributed by atoms with van der Waals surface area (Å²) in [4.78, 5) is 12.4. The third kappa shape index (κ3) is 1.93. The minimum Gasteiger partial charge on any atom is -0.370 e. The van der Waals surface area contributed by atoms with Gasteiger partial charge in [-0.2, -0.15) is 0 Å². The minimum absolute atomic E-state index is 0.116. The number of fused-ring (bicyclic) bond motifs is 1. The van der Waals surface area contributed by atoms with E-state index in [4.69, 9.17) is 4.74 Å². The summed E-state index contributed by atoms with van der Waals surface area (Å²) in [6.45, 7) is 2.78. The minimum atomic E-state index is -0.258. The Morgan fingerprint density at radius 1 is 1.17 bits per heavy atom. The molecule has 0 bridgehead atoms. The van der Waals surface area contributed by atoms with Gasteiger partial charge in [0.15, 0.2) is 5.78 Å². The predicted molar refractivity (Wildman–Crippen MR) is 71.8 cm³/mol. The molecule has 2 nitrogen and oxygen atoms in total. The maximum atomic E-state index is 12.4. The van der Waals surface area contributed by atoms with Crippen molar-refractivity contribution in [1.82, 2.24) is 0 Å². The summed E-state index contributed by atoms with van der Waals surface area (Å²) in [6, 6.07) is 14.0. The van der Waals surface area contributed by atoms with Gasteiger partial charge >= 0.3 is 0 Å². The van der Waals surface area contributed by atoms with Crippen molar-refractivity contribution < 1.29 is 9.53 Å². The highest BCUT2D eigenvalue weighted by molar-refractivity contribution is 6.02. The topological polar surface area (TPSA) is 26.3 Å². The number of rotatable bonds is 2. The predicted octanol–water partition coefficient (Wildman–Crippen LogP) is 3.45. The molecule has 2 aromatic rings. The van der Waals surface area contributed by atoms with Gasteiger partial charge in [0.2, 0.25) is 0 Å². The van der Waals surface area contributed by atoms with Crippen molar-refractivity contribution in [2.45, 2.75) is 19.4 Å². The van der Waals surface area contributed by atoms with Gasteiger partial charge in [-0.1, -0.05) is 43.3 Å². The third-order valence-electron chi connectivity index (χ3n) is 3.68. The van der Waals surface area contributed by atoms with Crippen molar-refractivity contribution >= 4 is 16.6 Å². The molecule has 0 aromatic heterocycles. The summed E-state index contributed by atoms with van der Waals surface area (Å²) in [5.41, 5.74) is 0.757. The van der Waals surface area contributed by atoms with E-state index in [0.717, 1.165) is 22.8 Å². The van der Waals surface area contributed by atoms with Crippen LogP contribution in [0.25, 0.3) is 10.8 Å². The van der Waals surface area contributed by atoms with Crippen molar-refractivity contribution in [1.29, 1.82) is 0 Å². The Morgan fingerprint density at radius 2 is 1.94 bits per heavy atom. The number of hydrogen-bond donors (Lipinski definition) is 0. The van der Waals surface area contributed by atoms with E-state index in [1.54, 1.807) is 0 Å². The van der Waals surface area contributed by atoms with Gasteiger partial charge in [-0.15, -0.1) is 0 Å². The van der Waals surface area contributed by atoms with E-state index < -0.39 is 0 Å². The van der Waals surface area contributed by atoms with Gasteiger partial charge in [0, 0.05) is 12.2 Å². The first-order chi connectivity index (χ1) is 8.75. The Hall–Kier alpha value is -1.67. The van der Waals surface area contributed by atoms with Crippen molar-refractivity contribution in [3.05, 3.63) is 48.0 Å². The first-order valence-electron chi connectivity index (χ1n) is 6.40. The lowest BCUT2D eigenvalue weighted by Crippen LogP contribution is -2.25. The van der Waals surface area contributed by atoms with Crippen LogP contribution in [-0.2, 0) is 4.74 Å². The molecule has 1 saturated heterocycles. The van der Waals surface area contributed by atoms with Crippen LogP contribution >= 0.6 is 0 Å². The largest absolute Gasteiger partial charge is 0.370 e. The Kier molecular flexibility index (Phi) is 2.88. The quantitative estimate of drug-likeness (QED) is 0.751. The van der Waals surface area contributed by atoms with Crippen molar-refractivity contribution in [3.63, 3.8) is 0 Å².